The Balaban J connectivity index is 1.61. The third-order valence-corrected chi connectivity index (χ3v) is 5.75. The van der Waals surface area contributed by atoms with Gasteiger partial charge in [0.1, 0.15) is 16.9 Å². The van der Waals surface area contributed by atoms with E-state index in [4.69, 9.17) is 23.2 Å². The highest BCUT2D eigenvalue weighted by atomic mass is 35.5. The van der Waals surface area contributed by atoms with Crippen LogP contribution in [0.5, 0.6) is 0 Å². The first-order valence-corrected chi connectivity index (χ1v) is 9.72. The zero-order valence-electron chi connectivity index (χ0n) is 13.6. The maximum atomic E-state index is 6.27. The number of fused-ring (bicyclic) bond motifs is 1. The van der Waals surface area contributed by atoms with Crippen molar-refractivity contribution in [3.63, 3.8) is 0 Å². The van der Waals surface area contributed by atoms with Crippen molar-refractivity contribution in [3.8, 4) is 0 Å². The molecule has 0 spiro atoms. The summed E-state index contributed by atoms with van der Waals surface area (Å²) in [6.45, 7) is 0.613. The Hall–Kier alpha value is -2.08. The zero-order valence-corrected chi connectivity index (χ0v) is 16.0. The lowest BCUT2D eigenvalue weighted by atomic mass is 10.2. The molecule has 0 aliphatic carbocycles. The molecule has 130 valence electrons. The summed E-state index contributed by atoms with van der Waals surface area (Å²) in [5.74, 6) is 0.725. The fourth-order valence-corrected chi connectivity index (χ4v) is 4.08. The molecule has 0 radical (unpaired) electrons. The first kappa shape index (κ1) is 17.3. The molecule has 0 atom stereocenters. The van der Waals surface area contributed by atoms with Crippen molar-refractivity contribution in [2.75, 3.05) is 0 Å². The van der Waals surface area contributed by atoms with Crippen LogP contribution in [0.15, 0.2) is 66.2 Å². The molecule has 4 nitrogen and oxygen atoms in total. The Kier molecular flexibility index (Phi) is 5.11. The van der Waals surface area contributed by atoms with Crippen molar-refractivity contribution >= 4 is 46.1 Å². The van der Waals surface area contributed by atoms with Gasteiger partial charge in [0.2, 0.25) is 0 Å². The van der Waals surface area contributed by atoms with E-state index >= 15 is 0 Å². The molecule has 0 N–H and O–H groups in total. The molecule has 2 aromatic carbocycles. The Labute approximate surface area is 165 Å². The molecule has 0 fully saturated rings. The summed E-state index contributed by atoms with van der Waals surface area (Å²) >= 11 is 14.1. The molecule has 0 aliphatic heterocycles. The second kappa shape index (κ2) is 7.66. The molecule has 0 unspecified atom stereocenters. The minimum absolute atomic E-state index is 0.613. The van der Waals surface area contributed by atoms with E-state index in [0.717, 1.165) is 43.1 Å². The van der Waals surface area contributed by atoms with Crippen LogP contribution in [-0.4, -0.2) is 19.5 Å². The van der Waals surface area contributed by atoms with E-state index in [1.165, 1.54) is 0 Å². The number of rotatable bonds is 5. The highest BCUT2D eigenvalue weighted by Gasteiger charge is 2.12. The van der Waals surface area contributed by atoms with Crippen LogP contribution in [0.2, 0.25) is 10.0 Å². The van der Waals surface area contributed by atoms with Gasteiger partial charge in [0.25, 0.3) is 0 Å². The van der Waals surface area contributed by atoms with Gasteiger partial charge in [-0.15, -0.1) is 0 Å². The van der Waals surface area contributed by atoms with Crippen LogP contribution >= 0.6 is 35.0 Å². The predicted octanol–water partition coefficient (Wildman–Crippen LogP) is 5.47. The van der Waals surface area contributed by atoms with Crippen LogP contribution in [0, 0.1) is 0 Å². The van der Waals surface area contributed by atoms with Gasteiger partial charge >= 0.3 is 0 Å². The van der Waals surface area contributed by atoms with E-state index in [9.17, 15) is 0 Å². The third kappa shape index (κ3) is 3.56. The van der Waals surface area contributed by atoms with Crippen molar-refractivity contribution in [2.24, 2.45) is 0 Å². The lowest BCUT2D eigenvalue weighted by molar-refractivity contribution is 0.812. The predicted molar refractivity (Wildman–Crippen MR) is 107 cm³/mol. The molecule has 0 saturated carbocycles. The summed E-state index contributed by atoms with van der Waals surface area (Å²) in [7, 11) is 0. The van der Waals surface area contributed by atoms with Crippen molar-refractivity contribution in [3.05, 3.63) is 82.4 Å². The summed E-state index contributed by atoms with van der Waals surface area (Å²) in [6.07, 6.45) is 3.35. The van der Waals surface area contributed by atoms with Gasteiger partial charge in [-0.3, -0.25) is 0 Å². The molecule has 4 aromatic rings. The van der Waals surface area contributed by atoms with E-state index in [-0.39, 0.29) is 0 Å². The lowest BCUT2D eigenvalue weighted by Crippen LogP contribution is -2.00. The van der Waals surface area contributed by atoms with E-state index in [2.05, 4.69) is 15.0 Å². The van der Waals surface area contributed by atoms with Crippen molar-refractivity contribution in [1.29, 1.82) is 0 Å². The second-order valence-corrected chi connectivity index (χ2v) is 7.47. The molecular weight excluding hydrogens is 387 g/mol. The monoisotopic (exact) mass is 400 g/mol. The minimum atomic E-state index is 0.613. The molecule has 0 bridgehead atoms. The first-order valence-electron chi connectivity index (χ1n) is 7.98. The van der Waals surface area contributed by atoms with Gasteiger partial charge in [-0.2, -0.15) is 0 Å². The Morgan fingerprint density at radius 2 is 1.54 bits per heavy atom. The normalized spacial score (nSPS) is 11.2. The number of hydrogen-bond acceptors (Lipinski definition) is 4. The smallest absolute Gasteiger partial charge is 0.164 e. The van der Waals surface area contributed by atoms with Gasteiger partial charge in [-0.05, 0) is 23.3 Å². The number of thioether (sulfide) groups is 1. The third-order valence-electron chi connectivity index (χ3n) is 3.99. The lowest BCUT2D eigenvalue weighted by Gasteiger charge is -2.07. The molecule has 26 heavy (non-hydrogen) atoms. The first-order chi connectivity index (χ1) is 12.7. The minimum Gasteiger partial charge on any atom is -0.311 e. The number of aromatic nitrogens is 4. The Morgan fingerprint density at radius 1 is 0.846 bits per heavy atom. The van der Waals surface area contributed by atoms with Crippen LogP contribution in [0.4, 0.5) is 0 Å². The van der Waals surface area contributed by atoms with Gasteiger partial charge in [0.05, 0.1) is 12.9 Å². The highest BCUT2D eigenvalue weighted by Crippen LogP contribution is 2.29. The van der Waals surface area contributed by atoms with Crippen molar-refractivity contribution in [1.82, 2.24) is 19.5 Å². The maximum absolute atomic E-state index is 6.27. The summed E-state index contributed by atoms with van der Waals surface area (Å²) in [5.41, 5.74) is 3.68. The Bertz CT molecular complexity index is 1060. The van der Waals surface area contributed by atoms with Gasteiger partial charge in [0, 0.05) is 15.8 Å². The number of benzene rings is 2. The summed E-state index contributed by atoms with van der Waals surface area (Å²) in [5, 5.41) is 2.33. The number of imidazole rings is 1. The van der Waals surface area contributed by atoms with Gasteiger partial charge in [0.15, 0.2) is 5.65 Å². The van der Waals surface area contributed by atoms with E-state index in [1.54, 1.807) is 24.4 Å². The second-order valence-electron chi connectivity index (χ2n) is 5.70. The van der Waals surface area contributed by atoms with Crippen molar-refractivity contribution in [2.45, 2.75) is 17.3 Å². The van der Waals surface area contributed by atoms with Gasteiger partial charge in [-0.1, -0.05) is 71.4 Å². The highest BCUT2D eigenvalue weighted by molar-refractivity contribution is 7.98. The molecule has 2 aromatic heterocycles. The SMILES string of the molecule is Clc1ccccc1CSc1ncnc2c1ncn2Cc1ccccc1Cl. The summed E-state index contributed by atoms with van der Waals surface area (Å²) < 4.78 is 1.98. The van der Waals surface area contributed by atoms with Crippen LogP contribution in [0.3, 0.4) is 0 Å². The molecule has 0 saturated heterocycles. The van der Waals surface area contributed by atoms with Gasteiger partial charge < -0.3 is 4.57 Å². The average molecular weight is 401 g/mol. The quantitative estimate of drug-likeness (QED) is 0.328. The zero-order chi connectivity index (χ0) is 17.9. The molecule has 4 rings (SSSR count). The van der Waals surface area contributed by atoms with E-state index in [1.807, 2.05) is 53.1 Å². The average Bonchev–Trinajstić information content (AvgIpc) is 3.07. The fraction of sp³-hybridized carbons (Fsp3) is 0.105. The molecular formula is C19H14Cl2N4S. The number of hydrogen-bond donors (Lipinski definition) is 0. The van der Waals surface area contributed by atoms with Crippen LogP contribution in [-0.2, 0) is 12.3 Å². The standard InChI is InChI=1S/C19H14Cl2N4S/c20-15-7-3-1-5-13(15)9-25-12-24-17-18(25)22-11-23-19(17)26-10-14-6-2-4-8-16(14)21/h1-8,11-12H,9-10H2. The fourth-order valence-electron chi connectivity index (χ4n) is 2.65. The maximum Gasteiger partial charge on any atom is 0.164 e. The van der Waals surface area contributed by atoms with E-state index < -0.39 is 0 Å². The number of nitrogens with zero attached hydrogens (tertiary/aromatic N) is 4. The topological polar surface area (TPSA) is 43.6 Å². The summed E-state index contributed by atoms with van der Waals surface area (Å²) in [6, 6.07) is 15.6. The molecule has 0 aliphatic rings. The van der Waals surface area contributed by atoms with E-state index in [0.29, 0.717) is 6.54 Å². The number of halogens is 2. The molecule has 0 amide bonds. The largest absolute Gasteiger partial charge is 0.311 e. The van der Waals surface area contributed by atoms with Crippen LogP contribution in [0.25, 0.3) is 11.2 Å². The summed E-state index contributed by atoms with van der Waals surface area (Å²) in [4.78, 5) is 13.3. The van der Waals surface area contributed by atoms with Crippen LogP contribution < -0.4 is 0 Å². The van der Waals surface area contributed by atoms with Crippen molar-refractivity contribution < 1.29 is 0 Å². The Morgan fingerprint density at radius 3 is 2.27 bits per heavy atom. The van der Waals surface area contributed by atoms with Gasteiger partial charge in [-0.25, -0.2) is 15.0 Å². The molecule has 7 heteroatoms. The van der Waals surface area contributed by atoms with Crippen LogP contribution in [0.1, 0.15) is 11.1 Å². The molecule has 2 heterocycles.